The summed E-state index contributed by atoms with van der Waals surface area (Å²) in [5, 5.41) is 12.5. The predicted octanol–water partition coefficient (Wildman–Crippen LogP) is 3.39. The van der Waals surface area contributed by atoms with E-state index >= 15 is 0 Å². The first-order chi connectivity index (χ1) is 8.81. The molecule has 0 aliphatic carbocycles. The van der Waals surface area contributed by atoms with Crippen molar-refractivity contribution in [3.05, 3.63) is 54.6 Å². The maximum Gasteiger partial charge on any atom is 0.0473 e. The largest absolute Gasteiger partial charge is 0.396 e. The molecule has 0 aliphatic rings. The number of benzene rings is 2. The number of anilines is 1. The summed E-state index contributed by atoms with van der Waals surface area (Å²) in [6.07, 6.45) is 0. The van der Waals surface area contributed by atoms with Crippen LogP contribution < -0.4 is 5.32 Å². The third kappa shape index (κ3) is 3.11. The lowest BCUT2D eigenvalue weighted by molar-refractivity contribution is 0.244. The summed E-state index contributed by atoms with van der Waals surface area (Å²) < 4.78 is 0. The molecule has 94 valence electrons. The normalized spacial score (nSPS) is 12.1. The number of nitrogens with one attached hydrogen (secondary N) is 1. The van der Waals surface area contributed by atoms with Crippen LogP contribution in [0.4, 0.5) is 5.69 Å². The van der Waals surface area contributed by atoms with Crippen LogP contribution in [0.15, 0.2) is 54.6 Å². The van der Waals surface area contributed by atoms with E-state index in [4.69, 9.17) is 5.11 Å². The second kappa shape index (κ2) is 6.22. The van der Waals surface area contributed by atoms with Crippen LogP contribution in [-0.2, 0) is 0 Å². The average Bonchev–Trinajstić information content (AvgIpc) is 2.46. The molecule has 0 heterocycles. The summed E-state index contributed by atoms with van der Waals surface area (Å²) in [6, 6.07) is 18.6. The fourth-order valence-corrected chi connectivity index (χ4v) is 1.86. The quantitative estimate of drug-likeness (QED) is 0.841. The average molecular weight is 241 g/mol. The van der Waals surface area contributed by atoms with E-state index in [9.17, 15) is 0 Å². The highest BCUT2D eigenvalue weighted by molar-refractivity contribution is 5.77. The van der Waals surface area contributed by atoms with Gasteiger partial charge in [-0.3, -0.25) is 0 Å². The van der Waals surface area contributed by atoms with Crippen molar-refractivity contribution in [3.63, 3.8) is 0 Å². The van der Waals surface area contributed by atoms with Gasteiger partial charge in [0.15, 0.2) is 0 Å². The maximum atomic E-state index is 9.06. The molecule has 0 spiro atoms. The highest BCUT2D eigenvalue weighted by Gasteiger charge is 2.05. The topological polar surface area (TPSA) is 32.3 Å². The van der Waals surface area contributed by atoms with Gasteiger partial charge in [0.2, 0.25) is 0 Å². The molecule has 2 aromatic rings. The molecule has 1 atom stereocenters. The van der Waals surface area contributed by atoms with Crippen LogP contribution in [0.25, 0.3) is 11.1 Å². The molecule has 2 heteroatoms. The first-order valence-corrected chi connectivity index (χ1v) is 6.30. The third-order valence-electron chi connectivity index (χ3n) is 2.96. The van der Waals surface area contributed by atoms with Crippen LogP contribution >= 0.6 is 0 Å². The molecular weight excluding hydrogens is 222 g/mol. The Morgan fingerprint density at radius 2 is 1.67 bits per heavy atom. The van der Waals surface area contributed by atoms with Crippen molar-refractivity contribution in [1.82, 2.24) is 0 Å². The van der Waals surface area contributed by atoms with Crippen molar-refractivity contribution >= 4 is 5.69 Å². The van der Waals surface area contributed by atoms with Crippen molar-refractivity contribution in [2.24, 2.45) is 5.92 Å². The van der Waals surface area contributed by atoms with Crippen LogP contribution in [0.2, 0.25) is 0 Å². The Kier molecular flexibility index (Phi) is 4.37. The number of aliphatic hydroxyl groups is 1. The minimum absolute atomic E-state index is 0.209. The van der Waals surface area contributed by atoms with Crippen molar-refractivity contribution in [1.29, 1.82) is 0 Å². The van der Waals surface area contributed by atoms with E-state index in [2.05, 4.69) is 29.6 Å². The molecule has 0 saturated carbocycles. The zero-order valence-electron chi connectivity index (χ0n) is 10.6. The monoisotopic (exact) mass is 241 g/mol. The van der Waals surface area contributed by atoms with E-state index < -0.39 is 0 Å². The second-order valence-corrected chi connectivity index (χ2v) is 4.58. The summed E-state index contributed by atoms with van der Waals surface area (Å²) >= 11 is 0. The summed E-state index contributed by atoms with van der Waals surface area (Å²) in [4.78, 5) is 0. The summed E-state index contributed by atoms with van der Waals surface area (Å²) in [7, 11) is 0. The minimum Gasteiger partial charge on any atom is -0.396 e. The van der Waals surface area contributed by atoms with Crippen LogP contribution in [0.5, 0.6) is 0 Å². The first-order valence-electron chi connectivity index (χ1n) is 6.30. The molecule has 2 aromatic carbocycles. The molecule has 2 N–H and O–H groups in total. The molecule has 0 bridgehead atoms. The Morgan fingerprint density at radius 3 is 2.39 bits per heavy atom. The summed E-state index contributed by atoms with van der Waals surface area (Å²) in [6.45, 7) is 3.01. The smallest absolute Gasteiger partial charge is 0.0473 e. The van der Waals surface area contributed by atoms with Gasteiger partial charge in [-0.05, 0) is 17.5 Å². The number of hydrogen-bond acceptors (Lipinski definition) is 2. The molecular formula is C16H19NO. The van der Waals surface area contributed by atoms with Crippen molar-refractivity contribution in [2.75, 3.05) is 18.5 Å². The Bertz CT molecular complexity index is 481. The zero-order chi connectivity index (χ0) is 12.8. The van der Waals surface area contributed by atoms with Gasteiger partial charge in [0.25, 0.3) is 0 Å². The van der Waals surface area contributed by atoms with E-state index in [0.717, 1.165) is 12.2 Å². The minimum atomic E-state index is 0.209. The van der Waals surface area contributed by atoms with E-state index in [1.807, 2.05) is 37.3 Å². The van der Waals surface area contributed by atoms with Gasteiger partial charge in [-0.2, -0.15) is 0 Å². The van der Waals surface area contributed by atoms with Crippen molar-refractivity contribution < 1.29 is 5.11 Å². The highest BCUT2D eigenvalue weighted by atomic mass is 16.3. The van der Waals surface area contributed by atoms with Crippen LogP contribution in [0.1, 0.15) is 6.92 Å². The van der Waals surface area contributed by atoms with Crippen molar-refractivity contribution in [3.8, 4) is 11.1 Å². The molecule has 0 radical (unpaired) electrons. The molecule has 0 aliphatic heterocycles. The molecule has 1 unspecified atom stereocenters. The molecule has 2 rings (SSSR count). The summed E-state index contributed by atoms with van der Waals surface area (Å²) in [5.41, 5.74) is 3.52. The van der Waals surface area contributed by atoms with E-state index in [1.165, 1.54) is 11.1 Å². The number of para-hydroxylation sites is 1. The van der Waals surface area contributed by atoms with Gasteiger partial charge >= 0.3 is 0 Å². The van der Waals surface area contributed by atoms with Gasteiger partial charge in [0.05, 0.1) is 0 Å². The Labute approximate surface area is 108 Å². The van der Waals surface area contributed by atoms with Crippen LogP contribution in [-0.4, -0.2) is 18.3 Å². The van der Waals surface area contributed by atoms with Gasteiger partial charge < -0.3 is 10.4 Å². The Hall–Kier alpha value is -1.80. The molecule has 0 saturated heterocycles. The SMILES string of the molecule is CC(CO)CNc1ccccc1-c1ccccc1. The summed E-state index contributed by atoms with van der Waals surface area (Å²) in [5.74, 6) is 0.258. The van der Waals surface area contributed by atoms with Gasteiger partial charge in [0.1, 0.15) is 0 Å². The standard InChI is InChI=1S/C16H19NO/c1-13(12-18)11-17-16-10-6-5-9-15(16)14-7-3-2-4-8-14/h2-10,13,17-18H,11-12H2,1H3. The van der Waals surface area contributed by atoms with E-state index in [-0.39, 0.29) is 12.5 Å². The lowest BCUT2D eigenvalue weighted by Gasteiger charge is -2.14. The van der Waals surface area contributed by atoms with Gasteiger partial charge in [-0.25, -0.2) is 0 Å². The fourth-order valence-electron chi connectivity index (χ4n) is 1.86. The maximum absolute atomic E-state index is 9.06. The molecule has 18 heavy (non-hydrogen) atoms. The van der Waals surface area contributed by atoms with Crippen molar-refractivity contribution in [2.45, 2.75) is 6.92 Å². The molecule has 0 fully saturated rings. The number of aliphatic hydroxyl groups excluding tert-OH is 1. The second-order valence-electron chi connectivity index (χ2n) is 4.58. The van der Waals surface area contributed by atoms with Gasteiger partial charge in [-0.15, -0.1) is 0 Å². The Morgan fingerprint density at radius 1 is 1.00 bits per heavy atom. The number of hydrogen-bond donors (Lipinski definition) is 2. The number of rotatable bonds is 5. The molecule has 0 aromatic heterocycles. The van der Waals surface area contributed by atoms with Crippen LogP contribution in [0.3, 0.4) is 0 Å². The lowest BCUT2D eigenvalue weighted by atomic mass is 10.0. The fraction of sp³-hybridized carbons (Fsp3) is 0.250. The lowest BCUT2D eigenvalue weighted by Crippen LogP contribution is -2.14. The highest BCUT2D eigenvalue weighted by Crippen LogP contribution is 2.27. The van der Waals surface area contributed by atoms with E-state index in [0.29, 0.717) is 0 Å². The predicted molar refractivity (Wildman–Crippen MR) is 76.6 cm³/mol. The third-order valence-corrected chi connectivity index (χ3v) is 2.96. The van der Waals surface area contributed by atoms with E-state index in [1.54, 1.807) is 0 Å². The molecule has 0 amide bonds. The first kappa shape index (κ1) is 12.7. The van der Waals surface area contributed by atoms with Gasteiger partial charge in [-0.1, -0.05) is 55.5 Å². The molecule has 2 nitrogen and oxygen atoms in total. The van der Waals surface area contributed by atoms with Gasteiger partial charge in [0, 0.05) is 24.4 Å². The zero-order valence-corrected chi connectivity index (χ0v) is 10.6. The Balaban J connectivity index is 2.21. The van der Waals surface area contributed by atoms with Crippen LogP contribution in [0, 0.1) is 5.92 Å².